The topological polar surface area (TPSA) is 48.5 Å². The van der Waals surface area contributed by atoms with Gasteiger partial charge in [-0.3, -0.25) is 9.69 Å². The van der Waals surface area contributed by atoms with Crippen LogP contribution in [0.25, 0.3) is 0 Å². The lowest BCUT2D eigenvalue weighted by molar-refractivity contribution is 0.0608. The summed E-state index contributed by atoms with van der Waals surface area (Å²) in [7, 11) is 3.60. The van der Waals surface area contributed by atoms with Gasteiger partial charge in [0.05, 0.1) is 5.56 Å². The van der Waals surface area contributed by atoms with Crippen LogP contribution in [0.1, 0.15) is 28.8 Å². The van der Waals surface area contributed by atoms with E-state index in [-0.39, 0.29) is 17.8 Å². The number of likely N-dealkylation sites (tertiary alicyclic amines) is 1. The van der Waals surface area contributed by atoms with Gasteiger partial charge in [-0.05, 0) is 37.6 Å². The molecule has 0 spiro atoms. The molecule has 0 aliphatic carbocycles. The molecule has 1 aromatic heterocycles. The molecular formula is C20H25FN4O. The molecule has 1 fully saturated rings. The molecule has 26 heavy (non-hydrogen) atoms. The Kier molecular flexibility index (Phi) is 5.83. The summed E-state index contributed by atoms with van der Waals surface area (Å²) in [6.07, 6.45) is 3.60. The van der Waals surface area contributed by atoms with Gasteiger partial charge in [-0.2, -0.15) is 0 Å². The van der Waals surface area contributed by atoms with Crippen molar-refractivity contribution in [1.82, 2.24) is 14.8 Å². The molecule has 0 bridgehead atoms. The van der Waals surface area contributed by atoms with Crippen LogP contribution >= 0.6 is 0 Å². The monoisotopic (exact) mass is 356 g/mol. The average Bonchev–Trinajstić information content (AvgIpc) is 2.69. The second kappa shape index (κ2) is 8.27. The van der Waals surface area contributed by atoms with Gasteiger partial charge in [-0.25, -0.2) is 9.37 Å². The number of pyridine rings is 1. The first kappa shape index (κ1) is 18.3. The smallest absolute Gasteiger partial charge is 0.257 e. The first-order valence-electron chi connectivity index (χ1n) is 8.96. The van der Waals surface area contributed by atoms with Crippen LogP contribution in [-0.4, -0.2) is 53.9 Å². The molecule has 1 aliphatic heterocycles. The number of amides is 1. The first-order chi connectivity index (χ1) is 12.6. The van der Waals surface area contributed by atoms with E-state index >= 15 is 0 Å². The van der Waals surface area contributed by atoms with Gasteiger partial charge in [-0.15, -0.1) is 0 Å². The average molecular weight is 356 g/mol. The Morgan fingerprint density at radius 1 is 1.35 bits per heavy atom. The van der Waals surface area contributed by atoms with Gasteiger partial charge in [0.15, 0.2) is 0 Å². The first-order valence-corrected chi connectivity index (χ1v) is 8.96. The molecule has 1 saturated heterocycles. The minimum atomic E-state index is -0.173. The van der Waals surface area contributed by atoms with Crippen LogP contribution in [-0.2, 0) is 6.54 Å². The van der Waals surface area contributed by atoms with Crippen LogP contribution in [0, 0.1) is 5.82 Å². The van der Waals surface area contributed by atoms with E-state index in [2.05, 4.69) is 15.2 Å². The number of benzene rings is 1. The van der Waals surface area contributed by atoms with E-state index in [9.17, 15) is 9.18 Å². The van der Waals surface area contributed by atoms with Crippen molar-refractivity contribution in [2.45, 2.75) is 25.4 Å². The second-order valence-electron chi connectivity index (χ2n) is 6.69. The molecule has 3 rings (SSSR count). The number of hydrogen-bond donors (Lipinski definition) is 1. The van der Waals surface area contributed by atoms with E-state index in [1.165, 1.54) is 6.07 Å². The van der Waals surface area contributed by atoms with Crippen LogP contribution in [0.4, 0.5) is 10.2 Å². The maximum Gasteiger partial charge on any atom is 0.257 e. The Morgan fingerprint density at radius 3 is 2.92 bits per heavy atom. The van der Waals surface area contributed by atoms with E-state index in [4.69, 9.17) is 0 Å². The van der Waals surface area contributed by atoms with Crippen molar-refractivity contribution in [3.8, 4) is 0 Å². The van der Waals surface area contributed by atoms with Crippen molar-refractivity contribution in [2.75, 3.05) is 32.5 Å². The third kappa shape index (κ3) is 4.02. The SMILES string of the molecule is CNc1ncccc1C(=O)N(C)C1CCCN(Cc2ccccc2F)C1. The molecule has 5 nitrogen and oxygen atoms in total. The zero-order valence-corrected chi connectivity index (χ0v) is 15.3. The van der Waals surface area contributed by atoms with Gasteiger partial charge in [-0.1, -0.05) is 18.2 Å². The summed E-state index contributed by atoms with van der Waals surface area (Å²) in [5.41, 5.74) is 1.27. The van der Waals surface area contributed by atoms with E-state index in [0.717, 1.165) is 25.9 Å². The lowest BCUT2D eigenvalue weighted by Gasteiger charge is -2.37. The highest BCUT2D eigenvalue weighted by molar-refractivity contribution is 5.98. The summed E-state index contributed by atoms with van der Waals surface area (Å²) in [5, 5.41) is 2.97. The number of likely N-dealkylation sites (N-methyl/N-ethyl adjacent to an activating group) is 1. The Hall–Kier alpha value is -2.47. The Balaban J connectivity index is 1.68. The van der Waals surface area contributed by atoms with Crippen LogP contribution in [0.3, 0.4) is 0 Å². The van der Waals surface area contributed by atoms with Crippen LogP contribution in [0.2, 0.25) is 0 Å². The van der Waals surface area contributed by atoms with Gasteiger partial charge < -0.3 is 10.2 Å². The number of anilines is 1. The molecule has 0 saturated carbocycles. The highest BCUT2D eigenvalue weighted by Gasteiger charge is 2.28. The molecule has 1 aliphatic rings. The highest BCUT2D eigenvalue weighted by atomic mass is 19.1. The number of nitrogens with one attached hydrogen (secondary N) is 1. The molecule has 0 radical (unpaired) electrons. The predicted molar refractivity (Wildman–Crippen MR) is 101 cm³/mol. The van der Waals surface area contributed by atoms with E-state index in [0.29, 0.717) is 23.5 Å². The number of rotatable bonds is 5. The molecule has 1 atom stereocenters. The molecule has 1 aromatic carbocycles. The number of hydrogen-bond acceptors (Lipinski definition) is 4. The van der Waals surface area contributed by atoms with E-state index < -0.39 is 0 Å². The van der Waals surface area contributed by atoms with Crippen molar-refractivity contribution in [1.29, 1.82) is 0 Å². The van der Waals surface area contributed by atoms with Crippen molar-refractivity contribution in [2.24, 2.45) is 0 Å². The summed E-state index contributed by atoms with van der Waals surface area (Å²) in [5.74, 6) is 0.372. The number of carbonyl (C=O) groups excluding carboxylic acids is 1. The second-order valence-corrected chi connectivity index (χ2v) is 6.69. The lowest BCUT2D eigenvalue weighted by atomic mass is 10.0. The van der Waals surface area contributed by atoms with Crippen molar-refractivity contribution in [3.05, 3.63) is 59.5 Å². The Labute approximate surface area is 153 Å². The van der Waals surface area contributed by atoms with Gasteiger partial charge in [0.1, 0.15) is 11.6 Å². The van der Waals surface area contributed by atoms with Gasteiger partial charge in [0, 0.05) is 45.0 Å². The molecule has 1 unspecified atom stereocenters. The maximum atomic E-state index is 13.9. The molecule has 138 valence electrons. The van der Waals surface area contributed by atoms with Crippen LogP contribution in [0.15, 0.2) is 42.6 Å². The van der Waals surface area contributed by atoms with E-state index in [1.54, 1.807) is 36.3 Å². The summed E-state index contributed by atoms with van der Waals surface area (Å²) in [6, 6.07) is 10.5. The fraction of sp³-hybridized carbons (Fsp3) is 0.400. The van der Waals surface area contributed by atoms with Crippen LogP contribution in [0.5, 0.6) is 0 Å². The number of nitrogens with zero attached hydrogens (tertiary/aromatic N) is 3. The van der Waals surface area contributed by atoms with Crippen molar-refractivity contribution < 1.29 is 9.18 Å². The zero-order valence-electron chi connectivity index (χ0n) is 15.3. The summed E-state index contributed by atoms with van der Waals surface area (Å²) < 4.78 is 13.9. The molecule has 6 heteroatoms. The fourth-order valence-corrected chi connectivity index (χ4v) is 3.49. The third-order valence-electron chi connectivity index (χ3n) is 4.98. The number of aromatic nitrogens is 1. The van der Waals surface area contributed by atoms with Crippen LogP contribution < -0.4 is 5.32 Å². The zero-order chi connectivity index (χ0) is 18.5. The van der Waals surface area contributed by atoms with Gasteiger partial charge >= 0.3 is 0 Å². The Bertz CT molecular complexity index is 767. The van der Waals surface area contributed by atoms with Gasteiger partial charge in [0.25, 0.3) is 5.91 Å². The maximum absolute atomic E-state index is 13.9. The Morgan fingerprint density at radius 2 is 2.15 bits per heavy atom. The normalized spacial score (nSPS) is 17.7. The largest absolute Gasteiger partial charge is 0.372 e. The molecular weight excluding hydrogens is 331 g/mol. The minimum absolute atomic E-state index is 0.0415. The molecule has 1 N–H and O–H groups in total. The highest BCUT2D eigenvalue weighted by Crippen LogP contribution is 2.21. The fourth-order valence-electron chi connectivity index (χ4n) is 3.49. The molecule has 2 heterocycles. The number of halogens is 1. The molecule has 1 amide bonds. The van der Waals surface area contributed by atoms with E-state index in [1.807, 2.05) is 19.2 Å². The standard InChI is InChI=1S/C20H25FN4O/c1-22-19-17(9-5-11-23-19)20(26)24(2)16-8-6-12-25(14-16)13-15-7-3-4-10-18(15)21/h3-5,7,9-11,16H,6,8,12-14H2,1-2H3,(H,22,23). The quantitative estimate of drug-likeness (QED) is 0.895. The summed E-state index contributed by atoms with van der Waals surface area (Å²) in [6.45, 7) is 2.23. The summed E-state index contributed by atoms with van der Waals surface area (Å²) in [4.78, 5) is 21.1. The van der Waals surface area contributed by atoms with Gasteiger partial charge in [0.2, 0.25) is 0 Å². The lowest BCUT2D eigenvalue weighted by Crippen LogP contribution is -2.48. The number of carbonyl (C=O) groups is 1. The van der Waals surface area contributed by atoms with Crippen molar-refractivity contribution in [3.63, 3.8) is 0 Å². The predicted octanol–water partition coefficient (Wildman–Crippen LogP) is 3.00. The minimum Gasteiger partial charge on any atom is -0.372 e. The molecule has 2 aromatic rings. The summed E-state index contributed by atoms with van der Waals surface area (Å²) >= 11 is 0. The number of piperidine rings is 1. The van der Waals surface area contributed by atoms with Crippen molar-refractivity contribution >= 4 is 11.7 Å². The third-order valence-corrected chi connectivity index (χ3v) is 4.98.